The van der Waals surface area contributed by atoms with Gasteiger partial charge in [0.25, 0.3) is 0 Å². The van der Waals surface area contributed by atoms with Crippen LogP contribution in [0, 0.1) is 19.8 Å². The molecule has 0 bridgehead atoms. The van der Waals surface area contributed by atoms with Gasteiger partial charge in [-0.05, 0) is 39.2 Å². The number of Topliss-reactive ketones (excluding diaryl/α,β-unsaturated/α-hetero) is 1. The Bertz CT molecular complexity index is 850. The van der Waals surface area contributed by atoms with Gasteiger partial charge in [-0.25, -0.2) is 4.79 Å². The number of hydrogen-bond donors (Lipinski definition) is 0. The molecule has 178 valence electrons. The lowest BCUT2D eigenvalue weighted by Crippen LogP contribution is -2.50. The number of hydrogen-bond acceptors (Lipinski definition) is 6. The van der Waals surface area contributed by atoms with Gasteiger partial charge in [0, 0.05) is 50.4 Å². The molecule has 8 heteroatoms. The van der Waals surface area contributed by atoms with E-state index in [9.17, 15) is 14.4 Å². The Morgan fingerprint density at radius 1 is 1.16 bits per heavy atom. The average Bonchev–Trinajstić information content (AvgIpc) is 3.41. The standard InChI is InChI=1S/C24H37N3O5/c1-16-20(17(2)25(4)21(16)24(30)31-5)22(28)18(3)27(23(29)19-8-6-7-9-19)11-10-26-12-14-32-15-13-26/h18-19H,6-15H2,1-5H3. The minimum atomic E-state index is -0.602. The van der Waals surface area contributed by atoms with Crippen LogP contribution in [0.3, 0.4) is 0 Å². The second kappa shape index (κ2) is 10.6. The molecule has 0 N–H and O–H groups in total. The van der Waals surface area contributed by atoms with E-state index < -0.39 is 12.0 Å². The van der Waals surface area contributed by atoms with Crippen LogP contribution in [-0.4, -0.2) is 84.6 Å². The van der Waals surface area contributed by atoms with Crippen molar-refractivity contribution >= 4 is 17.7 Å². The molecule has 2 fully saturated rings. The van der Waals surface area contributed by atoms with Crippen LogP contribution in [0.25, 0.3) is 0 Å². The van der Waals surface area contributed by atoms with E-state index in [2.05, 4.69) is 4.90 Å². The Labute approximate surface area is 190 Å². The minimum Gasteiger partial charge on any atom is -0.464 e. The van der Waals surface area contributed by atoms with E-state index >= 15 is 0 Å². The van der Waals surface area contributed by atoms with Crippen molar-refractivity contribution in [2.45, 2.75) is 52.5 Å². The SMILES string of the molecule is COC(=O)c1c(C)c(C(=O)C(C)N(CCN2CCOCC2)C(=O)C2CCCC2)c(C)n1C. The first kappa shape index (κ1) is 24.5. The molecule has 1 aliphatic heterocycles. The first-order valence-corrected chi connectivity index (χ1v) is 11.7. The summed E-state index contributed by atoms with van der Waals surface area (Å²) in [5.74, 6) is -0.514. The predicted octanol–water partition coefficient (Wildman–Crippen LogP) is 2.35. The molecule has 1 unspecified atom stereocenters. The third-order valence-electron chi connectivity index (χ3n) is 7.15. The van der Waals surface area contributed by atoms with E-state index in [-0.39, 0.29) is 17.6 Å². The van der Waals surface area contributed by atoms with Gasteiger partial charge in [0.15, 0.2) is 5.78 Å². The highest BCUT2D eigenvalue weighted by Crippen LogP contribution is 2.29. The van der Waals surface area contributed by atoms with E-state index in [4.69, 9.17) is 9.47 Å². The second-order valence-electron chi connectivity index (χ2n) is 8.99. The van der Waals surface area contributed by atoms with Crippen LogP contribution >= 0.6 is 0 Å². The zero-order chi connectivity index (χ0) is 23.4. The van der Waals surface area contributed by atoms with Gasteiger partial charge in [-0.1, -0.05) is 12.8 Å². The topological polar surface area (TPSA) is 81.1 Å². The Kier molecular flexibility index (Phi) is 8.11. The van der Waals surface area contributed by atoms with Crippen molar-refractivity contribution in [1.29, 1.82) is 0 Å². The van der Waals surface area contributed by atoms with E-state index in [1.807, 2.05) is 13.8 Å². The Hall–Kier alpha value is -2.19. The van der Waals surface area contributed by atoms with Crippen molar-refractivity contribution < 1.29 is 23.9 Å². The molecule has 8 nitrogen and oxygen atoms in total. The predicted molar refractivity (Wildman–Crippen MR) is 121 cm³/mol. The molecular formula is C24H37N3O5. The highest BCUT2D eigenvalue weighted by atomic mass is 16.5. The molecule has 1 saturated heterocycles. The van der Waals surface area contributed by atoms with Crippen molar-refractivity contribution in [1.82, 2.24) is 14.4 Å². The quantitative estimate of drug-likeness (QED) is 0.450. The number of amides is 1. The summed E-state index contributed by atoms with van der Waals surface area (Å²) in [5.41, 5.74) is 2.20. The van der Waals surface area contributed by atoms with E-state index in [0.29, 0.717) is 42.3 Å². The van der Waals surface area contributed by atoms with Crippen molar-refractivity contribution in [3.05, 3.63) is 22.5 Å². The number of esters is 1. The van der Waals surface area contributed by atoms with Crippen molar-refractivity contribution in [2.24, 2.45) is 13.0 Å². The van der Waals surface area contributed by atoms with E-state index in [1.165, 1.54) is 7.11 Å². The van der Waals surface area contributed by atoms with Crippen LogP contribution in [0.15, 0.2) is 0 Å². The van der Waals surface area contributed by atoms with Gasteiger partial charge in [0.05, 0.1) is 26.4 Å². The maximum Gasteiger partial charge on any atom is 0.354 e. The lowest BCUT2D eigenvalue weighted by molar-refractivity contribution is -0.137. The fraction of sp³-hybridized carbons (Fsp3) is 0.708. The molecule has 32 heavy (non-hydrogen) atoms. The molecule has 2 aliphatic rings. The largest absolute Gasteiger partial charge is 0.464 e. The van der Waals surface area contributed by atoms with Gasteiger partial charge in [0.1, 0.15) is 5.69 Å². The van der Waals surface area contributed by atoms with Crippen molar-refractivity contribution in [3.63, 3.8) is 0 Å². The lowest BCUT2D eigenvalue weighted by Gasteiger charge is -2.34. The highest BCUT2D eigenvalue weighted by Gasteiger charge is 2.35. The number of ether oxygens (including phenoxy) is 2. The van der Waals surface area contributed by atoms with Crippen molar-refractivity contribution in [2.75, 3.05) is 46.5 Å². The monoisotopic (exact) mass is 447 g/mol. The summed E-state index contributed by atoms with van der Waals surface area (Å²) in [7, 11) is 3.10. The molecule has 3 rings (SSSR count). The molecule has 0 spiro atoms. The van der Waals surface area contributed by atoms with Crippen LogP contribution in [0.4, 0.5) is 0 Å². The summed E-state index contributed by atoms with van der Waals surface area (Å²) >= 11 is 0. The number of rotatable bonds is 8. The number of methoxy groups -OCH3 is 1. The first-order valence-electron chi connectivity index (χ1n) is 11.7. The first-order chi connectivity index (χ1) is 15.3. The zero-order valence-electron chi connectivity index (χ0n) is 20.1. The normalized spacial score (nSPS) is 18.5. The molecule has 1 amide bonds. The summed E-state index contributed by atoms with van der Waals surface area (Å²) in [6.45, 7) is 9.73. The third-order valence-corrected chi connectivity index (χ3v) is 7.15. The third kappa shape index (κ3) is 4.91. The van der Waals surface area contributed by atoms with Gasteiger partial charge >= 0.3 is 5.97 Å². The van der Waals surface area contributed by atoms with Gasteiger partial charge in [-0.3, -0.25) is 14.5 Å². The Morgan fingerprint density at radius 2 is 1.78 bits per heavy atom. The number of carbonyl (C=O) groups excluding carboxylic acids is 3. The molecule has 1 aromatic rings. The van der Waals surface area contributed by atoms with Crippen LogP contribution in [0.1, 0.15) is 64.7 Å². The van der Waals surface area contributed by atoms with Crippen LogP contribution in [0.5, 0.6) is 0 Å². The van der Waals surface area contributed by atoms with Gasteiger partial charge in [-0.2, -0.15) is 0 Å². The number of ketones is 1. The fourth-order valence-electron chi connectivity index (χ4n) is 5.05. The summed E-state index contributed by atoms with van der Waals surface area (Å²) in [4.78, 5) is 43.5. The maximum absolute atomic E-state index is 13.7. The molecule has 1 saturated carbocycles. The minimum absolute atomic E-state index is 0.00136. The van der Waals surface area contributed by atoms with Crippen LogP contribution < -0.4 is 0 Å². The summed E-state index contributed by atoms with van der Waals surface area (Å²) in [6, 6.07) is -0.602. The molecule has 1 aliphatic carbocycles. The van der Waals surface area contributed by atoms with Crippen molar-refractivity contribution in [3.8, 4) is 0 Å². The Morgan fingerprint density at radius 3 is 2.38 bits per heavy atom. The molecule has 1 aromatic heterocycles. The molecule has 2 heterocycles. The van der Waals surface area contributed by atoms with Crippen LogP contribution in [-0.2, 0) is 21.3 Å². The molecule has 0 aromatic carbocycles. The number of carbonyl (C=O) groups is 3. The number of morpholine rings is 1. The summed E-state index contributed by atoms with van der Waals surface area (Å²) in [5, 5.41) is 0. The summed E-state index contributed by atoms with van der Waals surface area (Å²) in [6.07, 6.45) is 3.91. The zero-order valence-corrected chi connectivity index (χ0v) is 20.1. The highest BCUT2D eigenvalue weighted by molar-refractivity contribution is 6.06. The smallest absolute Gasteiger partial charge is 0.354 e. The number of aromatic nitrogens is 1. The fourth-order valence-corrected chi connectivity index (χ4v) is 5.05. The lowest BCUT2D eigenvalue weighted by atomic mass is 9.98. The molecule has 1 atom stereocenters. The van der Waals surface area contributed by atoms with E-state index in [1.54, 1.807) is 23.4 Å². The van der Waals surface area contributed by atoms with E-state index in [0.717, 1.165) is 45.3 Å². The van der Waals surface area contributed by atoms with Gasteiger partial charge < -0.3 is 18.9 Å². The summed E-state index contributed by atoms with van der Waals surface area (Å²) < 4.78 is 12.1. The molecular weight excluding hydrogens is 410 g/mol. The second-order valence-corrected chi connectivity index (χ2v) is 8.99. The van der Waals surface area contributed by atoms with Crippen LogP contribution in [0.2, 0.25) is 0 Å². The number of nitrogens with zero attached hydrogens (tertiary/aromatic N) is 3. The van der Waals surface area contributed by atoms with Gasteiger partial charge in [0.2, 0.25) is 5.91 Å². The molecule has 0 radical (unpaired) electrons. The van der Waals surface area contributed by atoms with Gasteiger partial charge in [-0.15, -0.1) is 0 Å². The Balaban J connectivity index is 1.86. The average molecular weight is 448 g/mol. The maximum atomic E-state index is 13.7.